The predicted molar refractivity (Wildman–Crippen MR) is 134 cm³/mol. The fourth-order valence-electron chi connectivity index (χ4n) is 3.51. The van der Waals surface area contributed by atoms with Crippen molar-refractivity contribution in [2.75, 3.05) is 6.54 Å². The lowest BCUT2D eigenvalue weighted by atomic mass is 10.0. The first-order valence-electron chi connectivity index (χ1n) is 10.8. The average molecular weight is 512 g/mol. The van der Waals surface area contributed by atoms with Crippen molar-refractivity contribution in [3.05, 3.63) is 93.8 Å². The van der Waals surface area contributed by atoms with Crippen molar-refractivity contribution < 1.29 is 22.4 Å². The molecule has 9 heteroatoms. The molecule has 7 nitrogen and oxygen atoms in total. The molecule has 4 rings (SSSR count). The van der Waals surface area contributed by atoms with Crippen LogP contribution in [0.3, 0.4) is 0 Å². The zero-order valence-electron chi connectivity index (χ0n) is 18.8. The molecule has 0 atom stereocenters. The lowest BCUT2D eigenvalue weighted by Crippen LogP contribution is -2.25. The van der Waals surface area contributed by atoms with Crippen LogP contribution in [0.15, 0.2) is 86.9 Å². The molecule has 0 radical (unpaired) electrons. The Morgan fingerprint density at radius 1 is 1.03 bits per heavy atom. The van der Waals surface area contributed by atoms with Gasteiger partial charge in [0.2, 0.25) is 10.0 Å². The minimum atomic E-state index is -3.66. The van der Waals surface area contributed by atoms with E-state index in [0.717, 1.165) is 11.1 Å². The highest BCUT2D eigenvalue weighted by Crippen LogP contribution is 2.35. The number of esters is 1. The number of hydrogen-bond acceptors (Lipinski definition) is 6. The normalized spacial score (nSPS) is 11.5. The van der Waals surface area contributed by atoms with Gasteiger partial charge in [-0.25, -0.2) is 17.9 Å². The Morgan fingerprint density at radius 3 is 2.46 bits per heavy atom. The standard InChI is InChI=1S/C26H22ClNO6S/c1-17-9-11-19(12-10-17)35(31,32)28-13-5-8-25(29)34-24-16-23-21(14-22(24)27)20(15-26(30)33-23)18-6-3-2-4-7-18/h2-4,6-7,9-12,14-16,28H,5,8,13H2,1H3. The van der Waals surface area contributed by atoms with Crippen LogP contribution >= 0.6 is 11.6 Å². The van der Waals surface area contributed by atoms with Gasteiger partial charge in [-0.15, -0.1) is 0 Å². The van der Waals surface area contributed by atoms with Crippen LogP contribution in [0.25, 0.3) is 22.1 Å². The zero-order chi connectivity index (χ0) is 25.0. The number of hydrogen-bond donors (Lipinski definition) is 1. The number of halogens is 1. The molecule has 0 amide bonds. The predicted octanol–water partition coefficient (Wildman–Crippen LogP) is 5.09. The molecule has 0 unspecified atom stereocenters. The third kappa shape index (κ3) is 5.97. The molecule has 180 valence electrons. The maximum absolute atomic E-state index is 12.3. The van der Waals surface area contributed by atoms with Crippen molar-refractivity contribution >= 4 is 38.6 Å². The van der Waals surface area contributed by atoms with Crippen LogP contribution in [-0.4, -0.2) is 20.9 Å². The minimum absolute atomic E-state index is 0.0429. The Balaban J connectivity index is 1.42. The zero-order valence-corrected chi connectivity index (χ0v) is 20.4. The Kier molecular flexibility index (Phi) is 7.35. The number of rotatable bonds is 8. The maximum atomic E-state index is 12.3. The number of sulfonamides is 1. The first-order valence-corrected chi connectivity index (χ1v) is 12.7. The summed E-state index contributed by atoms with van der Waals surface area (Å²) < 4.78 is 37.8. The molecule has 0 spiro atoms. The smallest absolute Gasteiger partial charge is 0.336 e. The summed E-state index contributed by atoms with van der Waals surface area (Å²) in [5.41, 5.74) is 2.11. The van der Waals surface area contributed by atoms with Crippen LogP contribution in [0.5, 0.6) is 5.75 Å². The van der Waals surface area contributed by atoms with Crippen molar-refractivity contribution in [1.29, 1.82) is 0 Å². The molecule has 0 saturated carbocycles. The number of carbonyl (C=O) groups is 1. The molecule has 3 aromatic carbocycles. The molecule has 1 aromatic heterocycles. The molecule has 0 saturated heterocycles. The van der Waals surface area contributed by atoms with Gasteiger partial charge in [0, 0.05) is 30.5 Å². The van der Waals surface area contributed by atoms with Gasteiger partial charge in [0.15, 0.2) is 5.75 Å². The fraction of sp³-hybridized carbons (Fsp3) is 0.154. The van der Waals surface area contributed by atoms with Crippen molar-refractivity contribution in [2.45, 2.75) is 24.7 Å². The first kappa shape index (κ1) is 24.7. The molecule has 1 N–H and O–H groups in total. The number of nitrogens with one attached hydrogen (secondary N) is 1. The molecule has 0 aliphatic heterocycles. The van der Waals surface area contributed by atoms with Crippen LogP contribution in [0.2, 0.25) is 5.02 Å². The van der Waals surface area contributed by atoms with Gasteiger partial charge in [0.25, 0.3) is 0 Å². The summed E-state index contributed by atoms with van der Waals surface area (Å²) in [6, 6.07) is 20.2. The van der Waals surface area contributed by atoms with E-state index in [1.54, 1.807) is 18.2 Å². The van der Waals surface area contributed by atoms with Gasteiger partial charge in [-0.3, -0.25) is 4.79 Å². The maximum Gasteiger partial charge on any atom is 0.336 e. The average Bonchev–Trinajstić information content (AvgIpc) is 2.83. The highest BCUT2D eigenvalue weighted by atomic mass is 35.5. The molecular formula is C26H22ClNO6S. The van der Waals surface area contributed by atoms with Crippen LogP contribution in [0.1, 0.15) is 18.4 Å². The highest BCUT2D eigenvalue weighted by molar-refractivity contribution is 7.89. The van der Waals surface area contributed by atoms with Gasteiger partial charge >= 0.3 is 11.6 Å². The number of aryl methyl sites for hydroxylation is 1. The largest absolute Gasteiger partial charge is 0.425 e. The Bertz CT molecular complexity index is 1530. The molecule has 0 aliphatic carbocycles. The van der Waals surface area contributed by atoms with Crippen molar-refractivity contribution in [3.63, 3.8) is 0 Å². The van der Waals surface area contributed by atoms with Gasteiger partial charge in [0.1, 0.15) is 5.58 Å². The van der Waals surface area contributed by atoms with E-state index in [0.29, 0.717) is 10.9 Å². The number of ether oxygens (including phenoxy) is 1. The van der Waals surface area contributed by atoms with Crippen molar-refractivity contribution in [2.24, 2.45) is 0 Å². The van der Waals surface area contributed by atoms with Gasteiger partial charge in [-0.1, -0.05) is 59.6 Å². The van der Waals surface area contributed by atoms with Crippen LogP contribution < -0.4 is 15.1 Å². The SMILES string of the molecule is Cc1ccc(S(=O)(=O)NCCCC(=O)Oc2cc3oc(=O)cc(-c4ccccc4)c3cc2Cl)cc1. The fourth-order valence-corrected chi connectivity index (χ4v) is 4.79. The monoisotopic (exact) mass is 511 g/mol. The minimum Gasteiger partial charge on any atom is -0.425 e. The van der Waals surface area contributed by atoms with E-state index in [9.17, 15) is 18.0 Å². The molecule has 0 aliphatic rings. The van der Waals surface area contributed by atoms with Gasteiger partial charge in [0.05, 0.1) is 9.92 Å². The van der Waals surface area contributed by atoms with E-state index in [-0.39, 0.29) is 40.6 Å². The van der Waals surface area contributed by atoms with Crippen molar-refractivity contribution in [3.8, 4) is 16.9 Å². The summed E-state index contributed by atoms with van der Waals surface area (Å²) >= 11 is 6.36. The molecule has 0 bridgehead atoms. The Morgan fingerprint density at radius 2 is 1.74 bits per heavy atom. The lowest BCUT2D eigenvalue weighted by Gasteiger charge is -2.10. The third-order valence-corrected chi connectivity index (χ3v) is 7.06. The molecule has 35 heavy (non-hydrogen) atoms. The number of carbonyl (C=O) groups excluding carboxylic acids is 1. The van der Waals surface area contributed by atoms with Crippen molar-refractivity contribution in [1.82, 2.24) is 4.72 Å². The van der Waals surface area contributed by atoms with Crippen LogP contribution in [0.4, 0.5) is 0 Å². The topological polar surface area (TPSA) is 103 Å². The van der Waals surface area contributed by atoms with Gasteiger partial charge in [-0.2, -0.15) is 0 Å². The summed E-state index contributed by atoms with van der Waals surface area (Å²) in [6.07, 6.45) is 0.182. The summed E-state index contributed by atoms with van der Waals surface area (Å²) in [5, 5.41) is 0.781. The summed E-state index contributed by atoms with van der Waals surface area (Å²) in [6.45, 7) is 1.93. The van der Waals surface area contributed by atoms with Crippen LogP contribution in [0, 0.1) is 6.92 Å². The highest BCUT2D eigenvalue weighted by Gasteiger charge is 2.16. The van der Waals surface area contributed by atoms with Gasteiger partial charge < -0.3 is 9.15 Å². The molecule has 1 heterocycles. The summed E-state index contributed by atoms with van der Waals surface area (Å²) in [5.74, 6) is -0.542. The quantitative estimate of drug-likeness (QED) is 0.153. The van der Waals surface area contributed by atoms with Crippen LogP contribution in [-0.2, 0) is 14.8 Å². The molecular weight excluding hydrogens is 490 g/mol. The van der Waals surface area contributed by atoms with E-state index >= 15 is 0 Å². The van der Waals surface area contributed by atoms with E-state index in [1.165, 1.54) is 24.3 Å². The molecule has 0 fully saturated rings. The first-order chi connectivity index (χ1) is 16.7. The summed E-state index contributed by atoms with van der Waals surface area (Å²) in [7, 11) is -3.66. The van der Waals surface area contributed by atoms with E-state index in [4.69, 9.17) is 20.8 Å². The second-order valence-corrected chi connectivity index (χ2v) is 10.1. The Hall–Kier alpha value is -3.46. The second kappa shape index (κ2) is 10.4. The van der Waals surface area contributed by atoms with E-state index < -0.39 is 21.6 Å². The Labute approximate surface area is 207 Å². The van der Waals surface area contributed by atoms with E-state index in [2.05, 4.69) is 4.72 Å². The van der Waals surface area contributed by atoms with E-state index in [1.807, 2.05) is 37.3 Å². The molecule has 4 aromatic rings. The van der Waals surface area contributed by atoms with Gasteiger partial charge in [-0.05, 0) is 42.7 Å². The third-order valence-electron chi connectivity index (χ3n) is 5.29. The number of benzene rings is 3. The second-order valence-electron chi connectivity index (χ2n) is 7.91. The number of fused-ring (bicyclic) bond motifs is 1. The lowest BCUT2D eigenvalue weighted by molar-refractivity contribution is -0.134. The summed E-state index contributed by atoms with van der Waals surface area (Å²) in [4.78, 5) is 24.6.